The van der Waals surface area contributed by atoms with Crippen molar-refractivity contribution < 1.29 is 13.5 Å². The maximum atomic E-state index is 11.9. The van der Waals surface area contributed by atoms with E-state index < -0.39 is 20.8 Å². The minimum absolute atomic E-state index is 0.0735. The summed E-state index contributed by atoms with van der Waals surface area (Å²) in [5.41, 5.74) is 4.44. The van der Waals surface area contributed by atoms with Gasteiger partial charge in [0.15, 0.2) is 0 Å². The molecular weight excluding hydrogens is 236 g/mol. The average Bonchev–Trinajstić information content (AvgIpc) is 2.15. The molecule has 0 fully saturated rings. The summed E-state index contributed by atoms with van der Waals surface area (Å²) in [6, 6.07) is 0. The van der Waals surface area contributed by atoms with Crippen molar-refractivity contribution in [3.05, 3.63) is 0 Å². The highest BCUT2D eigenvalue weighted by molar-refractivity contribution is 7.92. The van der Waals surface area contributed by atoms with E-state index >= 15 is 0 Å². The summed E-state index contributed by atoms with van der Waals surface area (Å²) in [5, 5.41) is 8.15. The summed E-state index contributed by atoms with van der Waals surface area (Å²) in [4.78, 5) is -0.0735. The summed E-state index contributed by atoms with van der Waals surface area (Å²) < 4.78 is 25.0. The molecule has 7 heteroatoms. The second kappa shape index (κ2) is 4.73. The van der Waals surface area contributed by atoms with Crippen molar-refractivity contribution in [1.29, 1.82) is 0 Å². The van der Waals surface area contributed by atoms with E-state index in [9.17, 15) is 8.42 Å². The molecule has 0 aliphatic carbocycles. The lowest BCUT2D eigenvalue weighted by Gasteiger charge is -2.34. The van der Waals surface area contributed by atoms with Crippen LogP contribution in [-0.2, 0) is 10.0 Å². The van der Waals surface area contributed by atoms with Crippen molar-refractivity contribution in [2.24, 2.45) is 5.73 Å². The number of nitrogens with zero attached hydrogens (tertiary/aromatic N) is 1. The molecular formula is C8H18N2O3S2. The molecule has 0 heterocycles. The van der Waals surface area contributed by atoms with Gasteiger partial charge in [0.25, 0.3) is 0 Å². The zero-order chi connectivity index (χ0) is 12.4. The first-order valence-corrected chi connectivity index (χ1v) is 6.36. The standard InChI is InChI=1S/C8H18N2O3S2/c1-6(7(9)14)15(12,13)10(4)8(2,3)5-11/h6,11H,5H2,1-4H3,(H2,9,14). The van der Waals surface area contributed by atoms with Crippen LogP contribution in [0.15, 0.2) is 0 Å². The highest BCUT2D eigenvalue weighted by atomic mass is 32.2. The quantitative estimate of drug-likeness (QED) is 0.658. The molecule has 1 atom stereocenters. The molecule has 0 bridgehead atoms. The van der Waals surface area contributed by atoms with Gasteiger partial charge in [0.1, 0.15) is 5.25 Å². The largest absolute Gasteiger partial charge is 0.394 e. The monoisotopic (exact) mass is 254 g/mol. The van der Waals surface area contributed by atoms with Gasteiger partial charge < -0.3 is 10.8 Å². The molecule has 3 N–H and O–H groups in total. The van der Waals surface area contributed by atoms with Gasteiger partial charge in [-0.15, -0.1) is 0 Å². The van der Waals surface area contributed by atoms with Crippen LogP contribution in [0.25, 0.3) is 0 Å². The van der Waals surface area contributed by atoms with E-state index in [1.165, 1.54) is 14.0 Å². The molecule has 0 aromatic rings. The third-order valence-electron chi connectivity index (χ3n) is 2.47. The Morgan fingerprint density at radius 3 is 2.27 bits per heavy atom. The van der Waals surface area contributed by atoms with Crippen LogP contribution in [0.4, 0.5) is 0 Å². The molecule has 0 radical (unpaired) electrons. The first-order chi connectivity index (χ1) is 6.57. The van der Waals surface area contributed by atoms with Gasteiger partial charge in [-0.3, -0.25) is 0 Å². The Morgan fingerprint density at radius 1 is 1.60 bits per heavy atom. The Hall–Kier alpha value is -0.240. The Kier molecular flexibility index (Phi) is 4.66. The smallest absolute Gasteiger partial charge is 0.223 e. The Bertz CT molecular complexity index is 338. The van der Waals surface area contributed by atoms with E-state index in [1.54, 1.807) is 13.8 Å². The number of aliphatic hydroxyl groups excluding tert-OH is 1. The fraction of sp³-hybridized carbons (Fsp3) is 0.875. The summed E-state index contributed by atoms with van der Waals surface area (Å²) in [6.45, 7) is 4.40. The van der Waals surface area contributed by atoms with Crippen LogP contribution >= 0.6 is 12.2 Å². The second-order valence-corrected chi connectivity index (χ2v) is 6.78. The number of aliphatic hydroxyl groups is 1. The van der Waals surface area contributed by atoms with E-state index in [2.05, 4.69) is 12.2 Å². The van der Waals surface area contributed by atoms with Crippen LogP contribution in [-0.4, -0.2) is 47.3 Å². The van der Waals surface area contributed by atoms with Crippen molar-refractivity contribution >= 4 is 27.2 Å². The summed E-state index contributed by atoms with van der Waals surface area (Å²) in [6.07, 6.45) is 0. The third-order valence-corrected chi connectivity index (χ3v) is 5.38. The van der Waals surface area contributed by atoms with E-state index in [0.29, 0.717) is 0 Å². The topological polar surface area (TPSA) is 83.6 Å². The van der Waals surface area contributed by atoms with E-state index in [4.69, 9.17) is 10.8 Å². The number of thiocarbonyl (C=S) groups is 1. The van der Waals surface area contributed by atoms with Crippen molar-refractivity contribution in [3.8, 4) is 0 Å². The number of hydrogen-bond donors (Lipinski definition) is 2. The highest BCUT2D eigenvalue weighted by Gasteiger charge is 2.36. The number of nitrogens with two attached hydrogens (primary N) is 1. The van der Waals surface area contributed by atoms with Crippen molar-refractivity contribution in [1.82, 2.24) is 4.31 Å². The highest BCUT2D eigenvalue weighted by Crippen LogP contribution is 2.19. The van der Waals surface area contributed by atoms with Gasteiger partial charge in [-0.1, -0.05) is 12.2 Å². The normalized spacial score (nSPS) is 15.3. The molecule has 0 aliphatic rings. The first-order valence-electron chi connectivity index (χ1n) is 4.45. The molecule has 0 saturated heterocycles. The van der Waals surface area contributed by atoms with Crippen LogP contribution in [0.3, 0.4) is 0 Å². The van der Waals surface area contributed by atoms with Crippen molar-refractivity contribution in [3.63, 3.8) is 0 Å². The molecule has 0 amide bonds. The molecule has 0 aromatic heterocycles. The minimum Gasteiger partial charge on any atom is -0.394 e. The average molecular weight is 254 g/mol. The zero-order valence-corrected chi connectivity index (χ0v) is 11.0. The maximum absolute atomic E-state index is 11.9. The first kappa shape index (κ1) is 14.8. The molecule has 0 aliphatic heterocycles. The molecule has 0 rings (SSSR count). The van der Waals surface area contributed by atoms with Crippen LogP contribution in [0.5, 0.6) is 0 Å². The van der Waals surface area contributed by atoms with Crippen molar-refractivity contribution in [2.45, 2.75) is 31.6 Å². The molecule has 5 nitrogen and oxygen atoms in total. The zero-order valence-electron chi connectivity index (χ0n) is 9.39. The van der Waals surface area contributed by atoms with E-state index in [1.807, 2.05) is 0 Å². The van der Waals surface area contributed by atoms with Gasteiger partial charge in [-0.2, -0.15) is 4.31 Å². The lowest BCUT2D eigenvalue weighted by molar-refractivity contribution is 0.137. The molecule has 1 unspecified atom stereocenters. The van der Waals surface area contributed by atoms with Gasteiger partial charge in [-0.05, 0) is 20.8 Å². The summed E-state index contributed by atoms with van der Waals surface area (Å²) in [7, 11) is -2.20. The van der Waals surface area contributed by atoms with Gasteiger partial charge >= 0.3 is 0 Å². The number of sulfonamides is 1. The SMILES string of the molecule is CC(C(N)=S)S(=O)(=O)N(C)C(C)(C)CO. The molecule has 90 valence electrons. The van der Waals surface area contributed by atoms with Crippen molar-refractivity contribution in [2.75, 3.05) is 13.7 Å². The van der Waals surface area contributed by atoms with Gasteiger partial charge in [0.2, 0.25) is 10.0 Å². The van der Waals surface area contributed by atoms with Gasteiger partial charge in [0.05, 0.1) is 17.1 Å². The fourth-order valence-electron chi connectivity index (χ4n) is 0.828. The van der Waals surface area contributed by atoms with Crippen LogP contribution < -0.4 is 5.73 Å². The van der Waals surface area contributed by atoms with Gasteiger partial charge in [-0.25, -0.2) is 8.42 Å². The summed E-state index contributed by atoms with van der Waals surface area (Å²) in [5.74, 6) is 0. The predicted octanol–water partition coefficient (Wildman–Crippen LogP) is -0.306. The Morgan fingerprint density at radius 2 is 2.00 bits per heavy atom. The number of hydrogen-bond acceptors (Lipinski definition) is 4. The van der Waals surface area contributed by atoms with Crippen LogP contribution in [0, 0.1) is 0 Å². The molecule has 15 heavy (non-hydrogen) atoms. The van der Waals surface area contributed by atoms with E-state index in [-0.39, 0.29) is 11.6 Å². The molecule has 0 saturated carbocycles. The molecule has 0 aromatic carbocycles. The fourth-order valence-corrected chi connectivity index (χ4v) is 2.71. The predicted molar refractivity (Wildman–Crippen MR) is 64.1 cm³/mol. The maximum Gasteiger partial charge on any atom is 0.223 e. The van der Waals surface area contributed by atoms with Crippen LogP contribution in [0.2, 0.25) is 0 Å². The Labute approximate surface area is 96.3 Å². The minimum atomic E-state index is -3.60. The summed E-state index contributed by atoms with van der Waals surface area (Å²) >= 11 is 4.65. The lowest BCUT2D eigenvalue weighted by atomic mass is 10.1. The Balaban J connectivity index is 5.15. The number of likely N-dealkylation sites (N-methyl/N-ethyl adjacent to an activating group) is 1. The third kappa shape index (κ3) is 3.10. The number of rotatable bonds is 5. The van der Waals surface area contributed by atoms with E-state index in [0.717, 1.165) is 4.31 Å². The van der Waals surface area contributed by atoms with Gasteiger partial charge in [0, 0.05) is 7.05 Å². The molecule has 0 spiro atoms. The lowest BCUT2D eigenvalue weighted by Crippen LogP contribution is -2.52. The second-order valence-electron chi connectivity index (χ2n) is 4.03. The van der Waals surface area contributed by atoms with Crippen LogP contribution in [0.1, 0.15) is 20.8 Å².